The van der Waals surface area contributed by atoms with Crippen molar-refractivity contribution < 1.29 is 14.3 Å². The number of rotatable bonds is 8. The van der Waals surface area contributed by atoms with Gasteiger partial charge in [-0.15, -0.1) is 11.3 Å². The van der Waals surface area contributed by atoms with Crippen LogP contribution in [-0.2, 0) is 11.3 Å². The SMILES string of the molecule is CCN(CC(=O)N1CCCC1c1cc(OC)ccc1OC)Cc1cccs1. The molecule has 0 saturated carbocycles. The number of hydrogen-bond acceptors (Lipinski definition) is 5. The first-order valence-corrected chi connectivity index (χ1v) is 10.3. The largest absolute Gasteiger partial charge is 0.497 e. The van der Waals surface area contributed by atoms with E-state index in [1.807, 2.05) is 23.1 Å². The lowest BCUT2D eigenvalue weighted by Gasteiger charge is -2.29. The minimum Gasteiger partial charge on any atom is -0.497 e. The molecule has 1 aromatic carbocycles. The fraction of sp³-hybridized carbons (Fsp3) is 0.476. The van der Waals surface area contributed by atoms with Gasteiger partial charge in [-0.2, -0.15) is 0 Å². The monoisotopic (exact) mass is 388 g/mol. The number of carbonyl (C=O) groups excluding carboxylic acids is 1. The second-order valence-electron chi connectivity index (χ2n) is 6.74. The second-order valence-corrected chi connectivity index (χ2v) is 7.77. The van der Waals surface area contributed by atoms with Crippen molar-refractivity contribution >= 4 is 17.2 Å². The predicted octanol–water partition coefficient (Wildman–Crippen LogP) is 3.95. The first-order valence-electron chi connectivity index (χ1n) is 9.42. The molecule has 6 heteroatoms. The number of thiophene rings is 1. The maximum atomic E-state index is 13.1. The first kappa shape index (κ1) is 19.7. The number of amides is 1. The van der Waals surface area contributed by atoms with Gasteiger partial charge in [0.05, 0.1) is 26.8 Å². The fourth-order valence-electron chi connectivity index (χ4n) is 3.67. The van der Waals surface area contributed by atoms with Crippen molar-refractivity contribution in [1.29, 1.82) is 0 Å². The van der Waals surface area contributed by atoms with E-state index in [0.29, 0.717) is 6.54 Å². The average Bonchev–Trinajstić information content (AvgIpc) is 3.38. The summed E-state index contributed by atoms with van der Waals surface area (Å²) in [6.07, 6.45) is 1.96. The Kier molecular flexibility index (Phi) is 6.74. The van der Waals surface area contributed by atoms with E-state index in [2.05, 4.69) is 29.3 Å². The summed E-state index contributed by atoms with van der Waals surface area (Å²) in [4.78, 5) is 18.6. The summed E-state index contributed by atoms with van der Waals surface area (Å²) in [6.45, 7) is 5.01. The van der Waals surface area contributed by atoms with Crippen LogP contribution in [0.25, 0.3) is 0 Å². The highest BCUT2D eigenvalue weighted by molar-refractivity contribution is 7.09. The Bertz CT molecular complexity index is 748. The lowest BCUT2D eigenvalue weighted by molar-refractivity contribution is -0.133. The molecule has 3 rings (SSSR count). The summed E-state index contributed by atoms with van der Waals surface area (Å²) < 4.78 is 10.9. The van der Waals surface area contributed by atoms with Crippen LogP contribution >= 0.6 is 11.3 Å². The number of benzene rings is 1. The van der Waals surface area contributed by atoms with Gasteiger partial charge in [0.2, 0.25) is 5.91 Å². The van der Waals surface area contributed by atoms with Crippen molar-refractivity contribution in [3.05, 3.63) is 46.2 Å². The highest BCUT2D eigenvalue weighted by Gasteiger charge is 2.32. The molecular weight excluding hydrogens is 360 g/mol. The minimum absolute atomic E-state index is 0.0444. The Morgan fingerprint density at radius 3 is 2.81 bits per heavy atom. The van der Waals surface area contributed by atoms with E-state index < -0.39 is 0 Å². The third kappa shape index (κ3) is 4.62. The molecule has 0 radical (unpaired) electrons. The van der Waals surface area contributed by atoms with Gasteiger partial charge in [-0.25, -0.2) is 0 Å². The molecule has 27 heavy (non-hydrogen) atoms. The van der Waals surface area contributed by atoms with Crippen molar-refractivity contribution in [2.45, 2.75) is 32.4 Å². The quantitative estimate of drug-likeness (QED) is 0.687. The summed E-state index contributed by atoms with van der Waals surface area (Å²) in [5, 5.41) is 2.08. The normalized spacial score (nSPS) is 16.7. The smallest absolute Gasteiger partial charge is 0.237 e. The predicted molar refractivity (Wildman–Crippen MR) is 109 cm³/mol. The average molecular weight is 389 g/mol. The summed E-state index contributed by atoms with van der Waals surface area (Å²) in [7, 11) is 3.33. The Morgan fingerprint density at radius 1 is 1.30 bits per heavy atom. The van der Waals surface area contributed by atoms with Crippen molar-refractivity contribution in [3.8, 4) is 11.5 Å². The minimum atomic E-state index is 0.0444. The van der Waals surface area contributed by atoms with Gasteiger partial charge in [0.25, 0.3) is 0 Å². The Labute approximate surface area is 165 Å². The molecule has 146 valence electrons. The van der Waals surface area contributed by atoms with E-state index in [0.717, 1.165) is 49.5 Å². The zero-order valence-corrected chi connectivity index (χ0v) is 17.1. The molecule has 2 heterocycles. The van der Waals surface area contributed by atoms with Crippen LogP contribution in [0.2, 0.25) is 0 Å². The highest BCUT2D eigenvalue weighted by Crippen LogP contribution is 2.39. The molecule has 1 aliphatic heterocycles. The van der Waals surface area contributed by atoms with Crippen LogP contribution in [0.15, 0.2) is 35.7 Å². The van der Waals surface area contributed by atoms with E-state index in [-0.39, 0.29) is 11.9 Å². The standard InChI is InChI=1S/C21H28N2O3S/c1-4-22(14-17-7-6-12-27-17)15-21(24)23-11-5-8-19(23)18-13-16(25-2)9-10-20(18)26-3/h6-7,9-10,12-13,19H,4-5,8,11,14-15H2,1-3H3. The van der Waals surface area contributed by atoms with E-state index >= 15 is 0 Å². The zero-order chi connectivity index (χ0) is 19.2. The molecule has 2 aromatic rings. The summed E-state index contributed by atoms with van der Waals surface area (Å²) in [5.74, 6) is 1.78. The van der Waals surface area contributed by atoms with Crippen LogP contribution in [0.4, 0.5) is 0 Å². The number of ether oxygens (including phenoxy) is 2. The topological polar surface area (TPSA) is 42.0 Å². The number of nitrogens with zero attached hydrogens (tertiary/aromatic N) is 2. The van der Waals surface area contributed by atoms with Gasteiger partial charge < -0.3 is 14.4 Å². The van der Waals surface area contributed by atoms with Gasteiger partial charge in [0, 0.05) is 23.5 Å². The van der Waals surface area contributed by atoms with E-state index in [1.54, 1.807) is 25.6 Å². The number of likely N-dealkylation sites (tertiary alicyclic amines) is 1. The third-order valence-corrected chi connectivity index (χ3v) is 6.00. The van der Waals surface area contributed by atoms with E-state index in [4.69, 9.17) is 9.47 Å². The number of hydrogen-bond donors (Lipinski definition) is 0. The molecule has 0 aliphatic carbocycles. The molecule has 1 amide bonds. The van der Waals surface area contributed by atoms with Crippen LogP contribution < -0.4 is 9.47 Å². The van der Waals surface area contributed by atoms with Crippen molar-refractivity contribution in [2.24, 2.45) is 0 Å². The molecule has 1 unspecified atom stereocenters. The van der Waals surface area contributed by atoms with E-state index in [9.17, 15) is 4.79 Å². The maximum Gasteiger partial charge on any atom is 0.237 e. The Morgan fingerprint density at radius 2 is 2.15 bits per heavy atom. The van der Waals surface area contributed by atoms with Crippen LogP contribution in [0.1, 0.15) is 36.2 Å². The van der Waals surface area contributed by atoms with Gasteiger partial charge in [-0.05, 0) is 49.0 Å². The van der Waals surface area contributed by atoms with Gasteiger partial charge in [0.15, 0.2) is 0 Å². The number of methoxy groups -OCH3 is 2. The summed E-state index contributed by atoms with van der Waals surface area (Å²) in [6, 6.07) is 10.0. The third-order valence-electron chi connectivity index (χ3n) is 5.13. The maximum absolute atomic E-state index is 13.1. The second kappa shape index (κ2) is 9.24. The molecule has 1 aliphatic rings. The van der Waals surface area contributed by atoms with Gasteiger partial charge in [0.1, 0.15) is 11.5 Å². The molecule has 1 saturated heterocycles. The van der Waals surface area contributed by atoms with Crippen molar-refractivity contribution in [2.75, 3.05) is 33.9 Å². The number of carbonyl (C=O) groups is 1. The molecule has 0 bridgehead atoms. The highest BCUT2D eigenvalue weighted by atomic mass is 32.1. The fourth-order valence-corrected chi connectivity index (χ4v) is 4.42. The first-order chi connectivity index (χ1) is 13.2. The Hall–Kier alpha value is -2.05. The molecule has 1 fully saturated rings. The molecule has 5 nitrogen and oxygen atoms in total. The molecular formula is C21H28N2O3S. The molecule has 1 aromatic heterocycles. The number of likely N-dealkylation sites (N-methyl/N-ethyl adjacent to an activating group) is 1. The molecule has 0 spiro atoms. The van der Waals surface area contributed by atoms with Crippen molar-refractivity contribution in [3.63, 3.8) is 0 Å². The van der Waals surface area contributed by atoms with Gasteiger partial charge >= 0.3 is 0 Å². The van der Waals surface area contributed by atoms with Gasteiger partial charge in [-0.3, -0.25) is 9.69 Å². The van der Waals surface area contributed by atoms with Crippen LogP contribution in [0.5, 0.6) is 11.5 Å². The molecule has 0 N–H and O–H groups in total. The summed E-state index contributed by atoms with van der Waals surface area (Å²) in [5.41, 5.74) is 1.03. The van der Waals surface area contributed by atoms with Crippen LogP contribution in [0.3, 0.4) is 0 Å². The van der Waals surface area contributed by atoms with Crippen molar-refractivity contribution in [1.82, 2.24) is 9.80 Å². The lowest BCUT2D eigenvalue weighted by Crippen LogP contribution is -2.39. The van der Waals surface area contributed by atoms with Crippen LogP contribution in [-0.4, -0.2) is 49.6 Å². The Balaban J connectivity index is 1.74. The zero-order valence-electron chi connectivity index (χ0n) is 16.3. The van der Waals surface area contributed by atoms with Gasteiger partial charge in [-0.1, -0.05) is 13.0 Å². The summed E-state index contributed by atoms with van der Waals surface area (Å²) >= 11 is 1.74. The van der Waals surface area contributed by atoms with Crippen LogP contribution in [0, 0.1) is 0 Å². The lowest BCUT2D eigenvalue weighted by atomic mass is 10.0. The molecule has 1 atom stereocenters. The van der Waals surface area contributed by atoms with E-state index in [1.165, 1.54) is 4.88 Å².